The number of hydrazine groups is 1. The topological polar surface area (TPSA) is 62.0 Å². The van der Waals surface area contributed by atoms with E-state index in [9.17, 15) is 5.11 Å². The van der Waals surface area contributed by atoms with Gasteiger partial charge in [0.2, 0.25) is 0 Å². The van der Waals surface area contributed by atoms with Gasteiger partial charge in [0.05, 0.1) is 18.8 Å². The van der Waals surface area contributed by atoms with E-state index in [1.54, 1.807) is 0 Å². The molecule has 0 saturated heterocycles. The number of rotatable bonds is 3. The summed E-state index contributed by atoms with van der Waals surface area (Å²) in [6.07, 6.45) is 7.24. The number of nitrogens with zero attached hydrogens (tertiary/aromatic N) is 2. The summed E-state index contributed by atoms with van der Waals surface area (Å²) in [7, 11) is 0. The minimum absolute atomic E-state index is 0.192. The highest BCUT2D eigenvalue weighted by atomic mass is 16.5. The first-order chi connectivity index (χ1) is 11.8. The molecule has 1 saturated carbocycles. The molecular formula is C19H29N3O2. The van der Waals surface area contributed by atoms with Gasteiger partial charge in [-0.25, -0.2) is 5.01 Å². The van der Waals surface area contributed by atoms with E-state index in [4.69, 9.17) is 10.6 Å². The molecule has 0 atom stereocenters. The molecule has 5 nitrogen and oxygen atoms in total. The molecule has 1 aromatic carbocycles. The van der Waals surface area contributed by atoms with Crippen molar-refractivity contribution < 1.29 is 9.84 Å². The van der Waals surface area contributed by atoms with Crippen LogP contribution < -0.4 is 15.5 Å². The number of hydrogen-bond donors (Lipinski definition) is 2. The molecule has 4 rings (SSSR count). The molecule has 2 aliphatic heterocycles. The molecule has 1 aromatic rings. The van der Waals surface area contributed by atoms with Crippen LogP contribution in [0.3, 0.4) is 0 Å². The summed E-state index contributed by atoms with van der Waals surface area (Å²) in [6, 6.07) is 2.26. The molecule has 24 heavy (non-hydrogen) atoms. The Labute approximate surface area is 144 Å². The first kappa shape index (κ1) is 16.2. The fraction of sp³-hybridized carbons (Fsp3) is 0.684. The lowest BCUT2D eigenvalue weighted by Crippen LogP contribution is -2.36. The molecule has 1 fully saturated rings. The average Bonchev–Trinajstić information content (AvgIpc) is 3.05. The number of fused-ring (bicyclic) bond motifs is 2. The van der Waals surface area contributed by atoms with E-state index >= 15 is 0 Å². The van der Waals surface area contributed by atoms with E-state index in [0.717, 1.165) is 38.2 Å². The molecule has 0 spiro atoms. The summed E-state index contributed by atoms with van der Waals surface area (Å²) in [5.41, 5.74) is 5.73. The number of ether oxygens (including phenoxy) is 1. The lowest BCUT2D eigenvalue weighted by molar-refractivity contribution is 0.277. The average molecular weight is 331 g/mol. The Bertz CT molecular complexity index is 599. The van der Waals surface area contributed by atoms with E-state index < -0.39 is 0 Å². The van der Waals surface area contributed by atoms with Crippen LogP contribution in [0.4, 0.5) is 5.69 Å². The zero-order valence-electron chi connectivity index (χ0n) is 14.5. The first-order valence-electron chi connectivity index (χ1n) is 9.45. The van der Waals surface area contributed by atoms with Gasteiger partial charge in [-0.2, -0.15) is 0 Å². The van der Waals surface area contributed by atoms with Crippen molar-refractivity contribution in [1.29, 1.82) is 0 Å². The molecule has 0 radical (unpaired) electrons. The van der Waals surface area contributed by atoms with Crippen molar-refractivity contribution >= 4 is 5.69 Å². The second-order valence-corrected chi connectivity index (χ2v) is 7.35. The van der Waals surface area contributed by atoms with Crippen LogP contribution in [0.1, 0.15) is 48.3 Å². The Balaban J connectivity index is 1.85. The van der Waals surface area contributed by atoms with Crippen molar-refractivity contribution in [2.24, 2.45) is 5.84 Å². The van der Waals surface area contributed by atoms with Gasteiger partial charge in [-0.05, 0) is 54.4 Å². The van der Waals surface area contributed by atoms with E-state index in [-0.39, 0.29) is 6.61 Å². The fourth-order valence-electron chi connectivity index (χ4n) is 4.72. The second kappa shape index (κ2) is 6.90. The third-order valence-corrected chi connectivity index (χ3v) is 5.89. The van der Waals surface area contributed by atoms with Gasteiger partial charge in [-0.15, -0.1) is 0 Å². The van der Waals surface area contributed by atoms with Gasteiger partial charge in [0.15, 0.2) is 0 Å². The number of nitrogens with two attached hydrogens (primary N) is 1. The van der Waals surface area contributed by atoms with Crippen LogP contribution in [-0.4, -0.2) is 49.5 Å². The van der Waals surface area contributed by atoms with Gasteiger partial charge in [0, 0.05) is 19.6 Å². The van der Waals surface area contributed by atoms with Crippen molar-refractivity contribution in [3.05, 3.63) is 22.8 Å². The van der Waals surface area contributed by atoms with Gasteiger partial charge < -0.3 is 14.7 Å². The van der Waals surface area contributed by atoms with Crippen molar-refractivity contribution in [2.75, 3.05) is 44.3 Å². The highest BCUT2D eigenvalue weighted by Gasteiger charge is 2.32. The molecule has 132 valence electrons. The van der Waals surface area contributed by atoms with Crippen molar-refractivity contribution in [3.63, 3.8) is 0 Å². The number of aliphatic hydroxyl groups is 1. The Hall–Kier alpha value is -1.30. The summed E-state index contributed by atoms with van der Waals surface area (Å²) in [6.45, 7) is 4.30. The predicted molar refractivity (Wildman–Crippen MR) is 95.6 cm³/mol. The summed E-state index contributed by atoms with van der Waals surface area (Å²) < 4.78 is 6.07. The Kier molecular flexibility index (Phi) is 4.66. The lowest BCUT2D eigenvalue weighted by atomic mass is 9.85. The molecule has 3 aliphatic rings. The third kappa shape index (κ3) is 2.89. The molecular weight excluding hydrogens is 302 g/mol. The minimum Gasteiger partial charge on any atom is -0.490 e. The summed E-state index contributed by atoms with van der Waals surface area (Å²) in [5, 5.41) is 11.5. The van der Waals surface area contributed by atoms with Gasteiger partial charge >= 0.3 is 0 Å². The molecule has 0 bridgehead atoms. The van der Waals surface area contributed by atoms with Gasteiger partial charge in [-0.1, -0.05) is 12.8 Å². The highest BCUT2D eigenvalue weighted by molar-refractivity contribution is 5.70. The van der Waals surface area contributed by atoms with E-state index in [2.05, 4.69) is 11.0 Å². The largest absolute Gasteiger partial charge is 0.490 e. The number of hydrogen-bond acceptors (Lipinski definition) is 5. The standard InChI is InChI=1S/C19H29N3O2/c20-22-7-5-15-13-17-19(21(9-11-23)10-12-24-17)18(16(15)6-8-22)14-3-1-2-4-14/h13-14,23H,1-12,20H2. The van der Waals surface area contributed by atoms with Gasteiger partial charge in [-0.3, -0.25) is 5.84 Å². The molecule has 1 aliphatic carbocycles. The fourth-order valence-corrected chi connectivity index (χ4v) is 4.72. The number of β-amino-alcohol motifs (C(OH)–C–C–N with tert-alkyl or cyclic N) is 1. The monoisotopic (exact) mass is 331 g/mol. The lowest BCUT2D eigenvalue weighted by Gasteiger charge is -2.36. The van der Waals surface area contributed by atoms with Crippen LogP contribution in [0.2, 0.25) is 0 Å². The van der Waals surface area contributed by atoms with Crippen molar-refractivity contribution in [3.8, 4) is 5.75 Å². The van der Waals surface area contributed by atoms with Crippen LogP contribution in [0.5, 0.6) is 5.75 Å². The Morgan fingerprint density at radius 3 is 2.75 bits per heavy atom. The smallest absolute Gasteiger partial charge is 0.143 e. The zero-order chi connectivity index (χ0) is 16.5. The van der Waals surface area contributed by atoms with Crippen LogP contribution in [-0.2, 0) is 12.8 Å². The van der Waals surface area contributed by atoms with E-state index in [0.29, 0.717) is 19.1 Å². The van der Waals surface area contributed by atoms with Crippen LogP contribution in [0.25, 0.3) is 0 Å². The van der Waals surface area contributed by atoms with Crippen LogP contribution >= 0.6 is 0 Å². The third-order valence-electron chi connectivity index (χ3n) is 5.89. The maximum atomic E-state index is 9.51. The maximum Gasteiger partial charge on any atom is 0.143 e. The second-order valence-electron chi connectivity index (χ2n) is 7.35. The van der Waals surface area contributed by atoms with Crippen LogP contribution in [0.15, 0.2) is 6.07 Å². The normalized spacial score (nSPS) is 22.0. The Morgan fingerprint density at radius 2 is 1.96 bits per heavy atom. The minimum atomic E-state index is 0.192. The molecule has 0 amide bonds. The summed E-state index contributed by atoms with van der Waals surface area (Å²) >= 11 is 0. The van der Waals surface area contributed by atoms with E-state index in [1.165, 1.54) is 48.1 Å². The van der Waals surface area contributed by atoms with Crippen LogP contribution in [0, 0.1) is 0 Å². The van der Waals surface area contributed by atoms with E-state index in [1.807, 2.05) is 5.01 Å². The van der Waals surface area contributed by atoms with Crippen molar-refractivity contribution in [2.45, 2.75) is 44.4 Å². The molecule has 0 aromatic heterocycles. The van der Waals surface area contributed by atoms with Gasteiger partial charge in [0.1, 0.15) is 12.4 Å². The number of benzene rings is 1. The number of anilines is 1. The SMILES string of the molecule is NN1CCc2cc3c(c(C4CCCC4)c2CC1)N(CCO)CCO3. The quantitative estimate of drug-likeness (QED) is 0.827. The molecule has 0 unspecified atom stereocenters. The Morgan fingerprint density at radius 1 is 1.17 bits per heavy atom. The first-order valence-corrected chi connectivity index (χ1v) is 9.45. The molecule has 3 N–H and O–H groups in total. The highest BCUT2D eigenvalue weighted by Crippen LogP contribution is 2.48. The number of aliphatic hydroxyl groups excluding tert-OH is 1. The molecule has 5 heteroatoms. The summed E-state index contributed by atoms with van der Waals surface area (Å²) in [4.78, 5) is 2.35. The van der Waals surface area contributed by atoms with Gasteiger partial charge in [0.25, 0.3) is 0 Å². The predicted octanol–water partition coefficient (Wildman–Crippen LogP) is 1.81. The summed E-state index contributed by atoms with van der Waals surface area (Å²) in [5.74, 6) is 7.77. The zero-order valence-corrected chi connectivity index (χ0v) is 14.5. The molecule has 2 heterocycles. The van der Waals surface area contributed by atoms with Crippen molar-refractivity contribution in [1.82, 2.24) is 5.01 Å². The maximum absolute atomic E-state index is 9.51.